The van der Waals surface area contributed by atoms with Gasteiger partial charge in [0.25, 0.3) is 0 Å². The molecule has 0 aromatic rings. The first-order valence-electron chi connectivity index (χ1n) is 4.76. The first kappa shape index (κ1) is 15.1. The maximum absolute atomic E-state index is 11.9. The Kier molecular flexibility index (Phi) is 6.96. The van der Waals surface area contributed by atoms with Crippen LogP contribution in [0.15, 0.2) is 0 Å². The molecule has 7 nitrogen and oxygen atoms in total. The van der Waals surface area contributed by atoms with E-state index in [-0.39, 0.29) is 19.5 Å². The highest BCUT2D eigenvalue weighted by atomic mass is 31.2. The lowest BCUT2D eigenvalue weighted by Crippen LogP contribution is -2.30. The third kappa shape index (κ3) is 5.85. The number of aliphatic carboxylic acids is 1. The highest BCUT2D eigenvalue weighted by Gasteiger charge is 2.27. The van der Waals surface area contributed by atoms with Crippen LogP contribution in [0.2, 0.25) is 0 Å². The molecule has 0 aromatic heterocycles. The Labute approximate surface area is 93.9 Å². The molecule has 0 heterocycles. The fourth-order valence-electron chi connectivity index (χ4n) is 1.03. The predicted octanol–water partition coefficient (Wildman–Crippen LogP) is 0.753. The summed E-state index contributed by atoms with van der Waals surface area (Å²) in [6.07, 6.45) is -0.0523. The van der Waals surface area contributed by atoms with Crippen molar-refractivity contribution in [2.45, 2.75) is 13.8 Å². The molecule has 94 valence electrons. The molecular weight excluding hydrogens is 237 g/mol. The van der Waals surface area contributed by atoms with Crippen LogP contribution in [-0.2, 0) is 23.2 Å². The zero-order valence-corrected chi connectivity index (χ0v) is 10.2. The molecule has 0 atom stereocenters. The maximum Gasteiger partial charge on any atom is 0.349 e. The molecule has 0 aliphatic rings. The SMILES string of the molecule is CCOP(=O)(CN(C=O)CC(=O)O)OCC. The van der Waals surface area contributed by atoms with Crippen LogP contribution in [0.5, 0.6) is 0 Å². The monoisotopic (exact) mass is 253 g/mol. The van der Waals surface area contributed by atoms with Crippen molar-refractivity contribution in [3.05, 3.63) is 0 Å². The van der Waals surface area contributed by atoms with Gasteiger partial charge in [0.1, 0.15) is 12.8 Å². The summed E-state index contributed by atoms with van der Waals surface area (Å²) in [5.41, 5.74) is 0. The number of carbonyl (C=O) groups excluding carboxylic acids is 1. The Balaban J connectivity index is 4.51. The van der Waals surface area contributed by atoms with E-state index in [1.165, 1.54) is 0 Å². The zero-order valence-electron chi connectivity index (χ0n) is 9.29. The van der Waals surface area contributed by atoms with E-state index in [0.29, 0.717) is 6.41 Å². The van der Waals surface area contributed by atoms with Crippen LogP contribution < -0.4 is 0 Å². The first-order chi connectivity index (χ1) is 7.47. The molecule has 1 N–H and O–H groups in total. The molecule has 8 heteroatoms. The maximum atomic E-state index is 11.9. The van der Waals surface area contributed by atoms with Gasteiger partial charge in [-0.1, -0.05) is 0 Å². The van der Waals surface area contributed by atoms with Gasteiger partial charge in [0.15, 0.2) is 0 Å². The van der Waals surface area contributed by atoms with Gasteiger partial charge in [-0.25, -0.2) is 0 Å². The highest BCUT2D eigenvalue weighted by molar-refractivity contribution is 7.53. The molecule has 0 spiro atoms. The molecule has 1 amide bonds. The number of carbonyl (C=O) groups is 2. The smallest absolute Gasteiger partial charge is 0.349 e. The first-order valence-corrected chi connectivity index (χ1v) is 6.49. The Morgan fingerprint density at radius 1 is 1.38 bits per heavy atom. The van der Waals surface area contributed by atoms with Crippen LogP contribution in [0.1, 0.15) is 13.8 Å². The molecule has 16 heavy (non-hydrogen) atoms. The van der Waals surface area contributed by atoms with Crippen LogP contribution >= 0.6 is 7.60 Å². The summed E-state index contributed by atoms with van der Waals surface area (Å²) < 4.78 is 21.8. The van der Waals surface area contributed by atoms with Gasteiger partial charge in [0.2, 0.25) is 6.41 Å². The van der Waals surface area contributed by atoms with E-state index >= 15 is 0 Å². The summed E-state index contributed by atoms with van der Waals surface area (Å²) in [7, 11) is -3.42. The molecule has 0 rings (SSSR count). The average Bonchev–Trinajstić information content (AvgIpc) is 2.16. The van der Waals surface area contributed by atoms with Crippen molar-refractivity contribution in [2.24, 2.45) is 0 Å². The minimum atomic E-state index is -3.42. The number of nitrogens with zero attached hydrogens (tertiary/aromatic N) is 1. The van der Waals surface area contributed by atoms with Gasteiger partial charge < -0.3 is 19.1 Å². The second-order valence-electron chi connectivity index (χ2n) is 2.83. The topological polar surface area (TPSA) is 93.1 Å². The molecule has 0 unspecified atom stereocenters. The van der Waals surface area contributed by atoms with Crippen LogP contribution in [0.3, 0.4) is 0 Å². The number of hydrogen-bond acceptors (Lipinski definition) is 5. The van der Waals surface area contributed by atoms with Crippen LogP contribution in [0, 0.1) is 0 Å². The van der Waals surface area contributed by atoms with E-state index in [1.807, 2.05) is 0 Å². The van der Waals surface area contributed by atoms with E-state index in [9.17, 15) is 14.2 Å². The summed E-state index contributed by atoms with van der Waals surface area (Å²) in [5, 5.41) is 8.50. The normalized spacial score (nSPS) is 11.1. The lowest BCUT2D eigenvalue weighted by atomic mass is 10.6. The summed E-state index contributed by atoms with van der Waals surface area (Å²) in [6, 6.07) is 0. The van der Waals surface area contributed by atoms with Gasteiger partial charge in [-0.15, -0.1) is 0 Å². The van der Waals surface area contributed by atoms with Crippen LogP contribution in [0.25, 0.3) is 0 Å². The third-order valence-electron chi connectivity index (χ3n) is 1.49. The third-order valence-corrected chi connectivity index (χ3v) is 3.51. The van der Waals surface area contributed by atoms with Crippen LogP contribution in [-0.4, -0.2) is 48.4 Å². The summed E-state index contributed by atoms with van der Waals surface area (Å²) in [5.74, 6) is -1.19. The largest absolute Gasteiger partial charge is 0.480 e. The lowest BCUT2D eigenvalue weighted by molar-refractivity contribution is -0.140. The molecule has 0 saturated heterocycles. The second-order valence-corrected chi connectivity index (χ2v) is 4.85. The van der Waals surface area contributed by atoms with Gasteiger partial charge in [0, 0.05) is 0 Å². The molecule has 0 aliphatic carbocycles. The number of rotatable bonds is 9. The fourth-order valence-corrected chi connectivity index (χ4v) is 2.67. The Morgan fingerprint density at radius 2 is 1.88 bits per heavy atom. The molecule has 0 radical (unpaired) electrons. The average molecular weight is 253 g/mol. The van der Waals surface area contributed by atoms with E-state index < -0.39 is 20.1 Å². The van der Waals surface area contributed by atoms with Gasteiger partial charge >= 0.3 is 13.6 Å². The molecular formula is C8H16NO6P. The van der Waals surface area contributed by atoms with E-state index in [0.717, 1.165) is 4.90 Å². The van der Waals surface area contributed by atoms with Gasteiger partial charge in [0.05, 0.1) is 13.2 Å². The fraction of sp³-hybridized carbons (Fsp3) is 0.750. The van der Waals surface area contributed by atoms with Crippen molar-refractivity contribution < 1.29 is 28.3 Å². The van der Waals surface area contributed by atoms with E-state index in [2.05, 4.69) is 0 Å². The lowest BCUT2D eigenvalue weighted by Gasteiger charge is -2.22. The minimum Gasteiger partial charge on any atom is -0.480 e. The van der Waals surface area contributed by atoms with Gasteiger partial charge in [-0.05, 0) is 13.8 Å². The van der Waals surface area contributed by atoms with E-state index in [4.69, 9.17) is 14.2 Å². The highest BCUT2D eigenvalue weighted by Crippen LogP contribution is 2.48. The van der Waals surface area contributed by atoms with Crippen molar-refractivity contribution >= 4 is 20.0 Å². The van der Waals surface area contributed by atoms with Crippen LogP contribution in [0.4, 0.5) is 0 Å². The molecule has 0 bridgehead atoms. The quantitative estimate of drug-likeness (QED) is 0.481. The van der Waals surface area contributed by atoms with Crippen molar-refractivity contribution in [3.63, 3.8) is 0 Å². The van der Waals surface area contributed by atoms with Gasteiger partial charge in [-0.3, -0.25) is 14.2 Å². The summed E-state index contributed by atoms with van der Waals surface area (Å²) in [4.78, 5) is 21.8. The van der Waals surface area contributed by atoms with Crippen molar-refractivity contribution in [1.82, 2.24) is 4.90 Å². The molecule has 0 aliphatic heterocycles. The number of hydrogen-bond donors (Lipinski definition) is 1. The number of carboxylic acid groups (broad SMARTS) is 1. The summed E-state index contributed by atoms with van der Waals surface area (Å²) >= 11 is 0. The Bertz CT molecular complexity index is 272. The summed E-state index contributed by atoms with van der Waals surface area (Å²) in [6.45, 7) is 3.06. The predicted molar refractivity (Wildman–Crippen MR) is 56.1 cm³/mol. The minimum absolute atomic E-state index is 0.164. The van der Waals surface area contributed by atoms with Crippen molar-refractivity contribution in [2.75, 3.05) is 26.0 Å². The molecule has 0 aromatic carbocycles. The number of carboxylic acids is 1. The second kappa shape index (κ2) is 7.38. The number of amides is 1. The standard InChI is InChI=1S/C8H16NO6P/c1-3-14-16(13,15-4-2)7-9(6-10)5-8(11)12/h6H,3-5,7H2,1-2H3,(H,11,12). The molecule has 0 saturated carbocycles. The van der Waals surface area contributed by atoms with Gasteiger partial charge in [-0.2, -0.15) is 0 Å². The molecule has 0 fully saturated rings. The van der Waals surface area contributed by atoms with Crippen molar-refractivity contribution in [1.29, 1.82) is 0 Å². The van der Waals surface area contributed by atoms with E-state index in [1.54, 1.807) is 13.8 Å². The Hall–Kier alpha value is -0.910. The Morgan fingerprint density at radius 3 is 2.19 bits per heavy atom. The zero-order chi connectivity index (χ0) is 12.6. The van der Waals surface area contributed by atoms with Crippen molar-refractivity contribution in [3.8, 4) is 0 Å².